The Morgan fingerprint density at radius 3 is 2.10 bits per heavy atom. The fourth-order valence-corrected chi connectivity index (χ4v) is 1.52. The summed E-state index contributed by atoms with van der Waals surface area (Å²) in [5.41, 5.74) is 6.18. The Labute approximate surface area is 68.8 Å². The predicted octanol–water partition coefficient (Wildman–Crippen LogP) is 2.26. The van der Waals surface area contributed by atoms with Gasteiger partial charge in [-0.05, 0) is 31.3 Å². The fourth-order valence-electron chi connectivity index (χ4n) is 0.909. The Kier molecular flexibility index (Phi) is 5.18. The third-order valence-electron chi connectivity index (χ3n) is 2.21. The standard InChI is InChI=1S/C8H19NS/c1-4-8(9,5-2)6-7-10-3/h4-7,9H2,1-3H3. The van der Waals surface area contributed by atoms with Crippen molar-refractivity contribution in [2.75, 3.05) is 12.0 Å². The Hall–Kier alpha value is 0.310. The van der Waals surface area contributed by atoms with Crippen LogP contribution >= 0.6 is 11.8 Å². The average molecular weight is 161 g/mol. The minimum atomic E-state index is 0.114. The van der Waals surface area contributed by atoms with Crippen LogP contribution < -0.4 is 5.73 Å². The van der Waals surface area contributed by atoms with E-state index in [1.807, 2.05) is 11.8 Å². The maximum atomic E-state index is 6.07. The Morgan fingerprint density at radius 1 is 1.30 bits per heavy atom. The van der Waals surface area contributed by atoms with Crippen LogP contribution in [-0.2, 0) is 0 Å². The summed E-state index contributed by atoms with van der Waals surface area (Å²) in [6, 6.07) is 0. The molecule has 0 aromatic heterocycles. The first-order valence-corrected chi connectivity index (χ1v) is 5.35. The zero-order valence-electron chi connectivity index (χ0n) is 7.31. The molecule has 0 spiro atoms. The van der Waals surface area contributed by atoms with Crippen molar-refractivity contribution in [1.29, 1.82) is 0 Å². The van der Waals surface area contributed by atoms with E-state index in [1.165, 1.54) is 5.75 Å². The lowest BCUT2D eigenvalue weighted by atomic mass is 9.91. The van der Waals surface area contributed by atoms with Gasteiger partial charge < -0.3 is 5.73 Å². The number of hydrogen-bond donors (Lipinski definition) is 1. The van der Waals surface area contributed by atoms with Crippen molar-refractivity contribution in [3.8, 4) is 0 Å². The summed E-state index contributed by atoms with van der Waals surface area (Å²) < 4.78 is 0. The van der Waals surface area contributed by atoms with Crippen molar-refractivity contribution in [3.63, 3.8) is 0 Å². The highest BCUT2D eigenvalue weighted by atomic mass is 32.2. The van der Waals surface area contributed by atoms with Gasteiger partial charge in [0, 0.05) is 5.54 Å². The first-order chi connectivity index (χ1) is 4.68. The van der Waals surface area contributed by atoms with E-state index in [0.29, 0.717) is 0 Å². The molecule has 0 unspecified atom stereocenters. The van der Waals surface area contributed by atoms with Gasteiger partial charge in [-0.2, -0.15) is 11.8 Å². The van der Waals surface area contributed by atoms with E-state index in [1.54, 1.807) is 0 Å². The zero-order chi connectivity index (χ0) is 8.04. The van der Waals surface area contributed by atoms with Crippen molar-refractivity contribution in [2.45, 2.75) is 38.6 Å². The fraction of sp³-hybridized carbons (Fsp3) is 1.00. The van der Waals surface area contributed by atoms with Gasteiger partial charge in [0.1, 0.15) is 0 Å². The summed E-state index contributed by atoms with van der Waals surface area (Å²) in [4.78, 5) is 0. The molecule has 1 nitrogen and oxygen atoms in total. The number of hydrogen-bond acceptors (Lipinski definition) is 2. The second-order valence-corrected chi connectivity index (χ2v) is 3.80. The first kappa shape index (κ1) is 10.3. The van der Waals surface area contributed by atoms with E-state index >= 15 is 0 Å². The number of thioether (sulfide) groups is 1. The van der Waals surface area contributed by atoms with Crippen LogP contribution in [0.1, 0.15) is 33.1 Å². The van der Waals surface area contributed by atoms with Gasteiger partial charge in [-0.3, -0.25) is 0 Å². The minimum absolute atomic E-state index is 0.114. The molecule has 0 radical (unpaired) electrons. The monoisotopic (exact) mass is 161 g/mol. The van der Waals surface area contributed by atoms with Crippen molar-refractivity contribution in [3.05, 3.63) is 0 Å². The molecule has 0 rings (SSSR count). The SMILES string of the molecule is CCC(N)(CC)CCSC. The summed E-state index contributed by atoms with van der Waals surface area (Å²) >= 11 is 1.88. The summed E-state index contributed by atoms with van der Waals surface area (Å²) in [5.74, 6) is 1.19. The van der Waals surface area contributed by atoms with E-state index in [9.17, 15) is 0 Å². The molecule has 0 aliphatic heterocycles. The molecule has 0 saturated carbocycles. The van der Waals surface area contributed by atoms with Crippen LogP contribution in [0.4, 0.5) is 0 Å². The van der Waals surface area contributed by atoms with Crippen molar-refractivity contribution < 1.29 is 0 Å². The van der Waals surface area contributed by atoms with Gasteiger partial charge in [-0.15, -0.1) is 0 Å². The zero-order valence-corrected chi connectivity index (χ0v) is 8.13. The predicted molar refractivity (Wildman–Crippen MR) is 50.5 cm³/mol. The smallest absolute Gasteiger partial charge is 0.0157 e. The second-order valence-electron chi connectivity index (χ2n) is 2.81. The average Bonchev–Trinajstić information content (AvgIpc) is 2.00. The third kappa shape index (κ3) is 3.47. The van der Waals surface area contributed by atoms with E-state index in [4.69, 9.17) is 5.73 Å². The molecule has 2 heteroatoms. The van der Waals surface area contributed by atoms with E-state index in [2.05, 4.69) is 20.1 Å². The molecule has 2 N–H and O–H groups in total. The van der Waals surface area contributed by atoms with Gasteiger partial charge in [0.15, 0.2) is 0 Å². The molecule has 0 heterocycles. The molecule has 62 valence electrons. The quantitative estimate of drug-likeness (QED) is 0.669. The van der Waals surface area contributed by atoms with Gasteiger partial charge in [-0.1, -0.05) is 13.8 Å². The molecule has 0 aliphatic rings. The van der Waals surface area contributed by atoms with Gasteiger partial charge in [0.25, 0.3) is 0 Å². The van der Waals surface area contributed by atoms with Crippen LogP contribution in [0, 0.1) is 0 Å². The maximum absolute atomic E-state index is 6.07. The van der Waals surface area contributed by atoms with Crippen LogP contribution in [0.2, 0.25) is 0 Å². The van der Waals surface area contributed by atoms with E-state index in [0.717, 1.165) is 19.3 Å². The van der Waals surface area contributed by atoms with Gasteiger partial charge in [0.2, 0.25) is 0 Å². The normalized spacial score (nSPS) is 12.0. The third-order valence-corrected chi connectivity index (χ3v) is 2.82. The van der Waals surface area contributed by atoms with Crippen molar-refractivity contribution in [2.24, 2.45) is 5.73 Å². The highest BCUT2D eigenvalue weighted by Crippen LogP contribution is 2.17. The summed E-state index contributed by atoms with van der Waals surface area (Å²) in [6.07, 6.45) is 5.49. The Bertz CT molecular complexity index is 79.3. The van der Waals surface area contributed by atoms with E-state index in [-0.39, 0.29) is 5.54 Å². The highest BCUT2D eigenvalue weighted by molar-refractivity contribution is 7.98. The lowest BCUT2D eigenvalue weighted by molar-refractivity contribution is 0.386. The largest absolute Gasteiger partial charge is 0.325 e. The molecule has 0 aromatic rings. The Morgan fingerprint density at radius 2 is 1.80 bits per heavy atom. The topological polar surface area (TPSA) is 26.0 Å². The second kappa shape index (κ2) is 5.03. The molecule has 0 saturated heterocycles. The van der Waals surface area contributed by atoms with Crippen molar-refractivity contribution >= 4 is 11.8 Å². The highest BCUT2D eigenvalue weighted by Gasteiger charge is 2.18. The van der Waals surface area contributed by atoms with Crippen LogP contribution in [0.15, 0.2) is 0 Å². The van der Waals surface area contributed by atoms with Gasteiger partial charge in [0.05, 0.1) is 0 Å². The van der Waals surface area contributed by atoms with Crippen LogP contribution in [-0.4, -0.2) is 17.5 Å². The minimum Gasteiger partial charge on any atom is -0.325 e. The molecule has 0 bridgehead atoms. The molecule has 10 heavy (non-hydrogen) atoms. The lowest BCUT2D eigenvalue weighted by Gasteiger charge is -2.25. The van der Waals surface area contributed by atoms with Crippen molar-refractivity contribution in [1.82, 2.24) is 0 Å². The molecule has 0 atom stereocenters. The number of rotatable bonds is 5. The van der Waals surface area contributed by atoms with Crippen LogP contribution in [0.5, 0.6) is 0 Å². The summed E-state index contributed by atoms with van der Waals surface area (Å²) in [7, 11) is 0. The van der Waals surface area contributed by atoms with Crippen LogP contribution in [0.25, 0.3) is 0 Å². The van der Waals surface area contributed by atoms with Gasteiger partial charge >= 0.3 is 0 Å². The molecule has 0 fully saturated rings. The van der Waals surface area contributed by atoms with Crippen LogP contribution in [0.3, 0.4) is 0 Å². The molecule has 0 aromatic carbocycles. The molecular weight excluding hydrogens is 142 g/mol. The first-order valence-electron chi connectivity index (χ1n) is 3.96. The summed E-state index contributed by atoms with van der Waals surface area (Å²) in [5, 5.41) is 0. The van der Waals surface area contributed by atoms with E-state index < -0.39 is 0 Å². The molecule has 0 amide bonds. The Balaban J connectivity index is 3.58. The van der Waals surface area contributed by atoms with Gasteiger partial charge in [-0.25, -0.2) is 0 Å². The maximum Gasteiger partial charge on any atom is 0.0157 e. The lowest BCUT2D eigenvalue weighted by Crippen LogP contribution is -2.38. The summed E-state index contributed by atoms with van der Waals surface area (Å²) in [6.45, 7) is 4.34. The molecule has 0 aliphatic carbocycles. The molecular formula is C8H19NS. The number of nitrogens with two attached hydrogens (primary N) is 1.